The van der Waals surface area contributed by atoms with Crippen LogP contribution in [0.1, 0.15) is 16.0 Å². The van der Waals surface area contributed by atoms with Crippen LogP contribution in [0, 0.1) is 25.2 Å². The molecular weight excluding hydrogens is 246 g/mol. The summed E-state index contributed by atoms with van der Waals surface area (Å²) in [5, 5.41) is 9.53. The molecule has 0 N–H and O–H groups in total. The lowest BCUT2D eigenvalue weighted by Gasteiger charge is -2.00. The third-order valence-electron chi connectivity index (χ3n) is 3.07. The van der Waals surface area contributed by atoms with Crippen molar-refractivity contribution in [3.05, 3.63) is 44.7 Å². The number of hydrogen-bond donors (Lipinski definition) is 0. The molecule has 3 heterocycles. The maximum atomic E-state index is 12.4. The number of nitriles is 1. The molecule has 3 rings (SSSR count). The number of rotatable bonds is 0. The lowest BCUT2D eigenvalue weighted by atomic mass is 10.2. The van der Waals surface area contributed by atoms with Crippen molar-refractivity contribution in [3.63, 3.8) is 0 Å². The maximum Gasteiger partial charge on any atom is 0.266 e. The first-order chi connectivity index (χ1) is 8.61. The SMILES string of the molecule is Cc1sc2nc3ccc(C#N)cn3c(=O)c2c1C. The van der Waals surface area contributed by atoms with Gasteiger partial charge >= 0.3 is 0 Å². The van der Waals surface area contributed by atoms with Gasteiger partial charge in [-0.2, -0.15) is 5.26 Å². The molecule has 0 saturated carbocycles. The van der Waals surface area contributed by atoms with Gasteiger partial charge in [-0.15, -0.1) is 11.3 Å². The van der Waals surface area contributed by atoms with Crippen molar-refractivity contribution < 1.29 is 0 Å². The highest BCUT2D eigenvalue weighted by Crippen LogP contribution is 2.26. The first-order valence-corrected chi connectivity index (χ1v) is 6.25. The summed E-state index contributed by atoms with van der Waals surface area (Å²) < 4.78 is 1.44. The van der Waals surface area contributed by atoms with E-state index in [1.165, 1.54) is 21.9 Å². The molecule has 0 aromatic carbocycles. The van der Waals surface area contributed by atoms with Gasteiger partial charge in [0.25, 0.3) is 5.56 Å². The van der Waals surface area contributed by atoms with E-state index in [0.717, 1.165) is 15.3 Å². The van der Waals surface area contributed by atoms with Crippen LogP contribution in [0.15, 0.2) is 23.1 Å². The third kappa shape index (κ3) is 1.36. The molecule has 0 saturated heterocycles. The zero-order chi connectivity index (χ0) is 12.9. The van der Waals surface area contributed by atoms with Crippen LogP contribution in [0.2, 0.25) is 0 Å². The van der Waals surface area contributed by atoms with E-state index in [2.05, 4.69) is 4.98 Å². The summed E-state index contributed by atoms with van der Waals surface area (Å²) in [4.78, 5) is 18.7. The Morgan fingerprint density at radius 2 is 2.17 bits per heavy atom. The minimum atomic E-state index is -0.103. The predicted octanol–water partition coefficient (Wildman–Crippen LogP) is 2.40. The molecular formula is C13H9N3OS. The molecule has 0 aliphatic rings. The van der Waals surface area contributed by atoms with E-state index < -0.39 is 0 Å². The number of hydrogen-bond acceptors (Lipinski definition) is 4. The zero-order valence-corrected chi connectivity index (χ0v) is 10.7. The summed E-state index contributed by atoms with van der Waals surface area (Å²) in [5.74, 6) is 0. The Balaban J connectivity index is 2.58. The predicted molar refractivity (Wildman–Crippen MR) is 71.0 cm³/mol. The molecule has 0 atom stereocenters. The van der Waals surface area contributed by atoms with Gasteiger partial charge in [0.2, 0.25) is 0 Å². The van der Waals surface area contributed by atoms with Crippen molar-refractivity contribution >= 4 is 27.2 Å². The summed E-state index contributed by atoms with van der Waals surface area (Å²) in [6.45, 7) is 3.91. The quantitative estimate of drug-likeness (QED) is 0.619. The first-order valence-electron chi connectivity index (χ1n) is 5.44. The van der Waals surface area contributed by atoms with Crippen molar-refractivity contribution in [2.45, 2.75) is 13.8 Å². The lowest BCUT2D eigenvalue weighted by molar-refractivity contribution is 1.07. The molecule has 0 bridgehead atoms. The van der Waals surface area contributed by atoms with Crippen LogP contribution in [0.5, 0.6) is 0 Å². The summed E-state index contributed by atoms with van der Waals surface area (Å²) in [7, 11) is 0. The van der Waals surface area contributed by atoms with Crippen LogP contribution in [0.25, 0.3) is 15.9 Å². The smallest absolute Gasteiger partial charge is 0.266 e. The van der Waals surface area contributed by atoms with E-state index in [1.807, 2.05) is 19.9 Å². The van der Waals surface area contributed by atoms with Gasteiger partial charge in [-0.3, -0.25) is 9.20 Å². The Bertz CT molecular complexity index is 883. The summed E-state index contributed by atoms with van der Waals surface area (Å²) >= 11 is 1.53. The molecule has 0 unspecified atom stereocenters. The minimum Gasteiger partial charge on any atom is -0.268 e. The second-order valence-corrected chi connectivity index (χ2v) is 5.34. The summed E-state index contributed by atoms with van der Waals surface area (Å²) in [6, 6.07) is 5.40. The van der Waals surface area contributed by atoms with E-state index in [0.29, 0.717) is 16.6 Å². The van der Waals surface area contributed by atoms with Gasteiger partial charge in [0, 0.05) is 11.1 Å². The van der Waals surface area contributed by atoms with Gasteiger partial charge in [-0.1, -0.05) is 0 Å². The Hall–Kier alpha value is -2.19. The average molecular weight is 255 g/mol. The highest BCUT2D eigenvalue weighted by molar-refractivity contribution is 7.18. The first kappa shape index (κ1) is 10.9. The largest absolute Gasteiger partial charge is 0.268 e. The van der Waals surface area contributed by atoms with Crippen LogP contribution in [0.4, 0.5) is 0 Å². The van der Waals surface area contributed by atoms with E-state index in [-0.39, 0.29) is 5.56 Å². The third-order valence-corrected chi connectivity index (χ3v) is 4.17. The van der Waals surface area contributed by atoms with Crippen molar-refractivity contribution in [2.24, 2.45) is 0 Å². The number of pyridine rings is 1. The fraction of sp³-hybridized carbons (Fsp3) is 0.154. The molecule has 3 aromatic heterocycles. The van der Waals surface area contributed by atoms with E-state index in [1.54, 1.807) is 12.1 Å². The second-order valence-electron chi connectivity index (χ2n) is 4.14. The fourth-order valence-electron chi connectivity index (χ4n) is 1.98. The molecule has 0 aliphatic heterocycles. The number of nitrogens with zero attached hydrogens (tertiary/aromatic N) is 3. The molecule has 0 fully saturated rings. The van der Waals surface area contributed by atoms with Gasteiger partial charge in [-0.25, -0.2) is 4.98 Å². The van der Waals surface area contributed by atoms with E-state index in [4.69, 9.17) is 5.26 Å². The number of aryl methyl sites for hydroxylation is 2. The molecule has 4 nitrogen and oxygen atoms in total. The van der Waals surface area contributed by atoms with Gasteiger partial charge in [0.15, 0.2) is 0 Å². The van der Waals surface area contributed by atoms with Gasteiger partial charge < -0.3 is 0 Å². The average Bonchev–Trinajstić information content (AvgIpc) is 2.65. The Kier molecular flexibility index (Phi) is 2.22. The van der Waals surface area contributed by atoms with Gasteiger partial charge in [-0.05, 0) is 31.5 Å². The molecule has 0 spiro atoms. The van der Waals surface area contributed by atoms with Crippen LogP contribution in [-0.4, -0.2) is 9.38 Å². The monoisotopic (exact) mass is 255 g/mol. The van der Waals surface area contributed by atoms with Crippen molar-refractivity contribution in [3.8, 4) is 6.07 Å². The summed E-state index contributed by atoms with van der Waals surface area (Å²) in [6.07, 6.45) is 1.54. The Morgan fingerprint density at radius 3 is 2.89 bits per heavy atom. The van der Waals surface area contributed by atoms with Crippen LogP contribution < -0.4 is 5.56 Å². The summed E-state index contributed by atoms with van der Waals surface area (Å²) in [5.41, 5.74) is 1.90. The van der Waals surface area contributed by atoms with Crippen molar-refractivity contribution in [2.75, 3.05) is 0 Å². The van der Waals surface area contributed by atoms with E-state index >= 15 is 0 Å². The lowest BCUT2D eigenvalue weighted by Crippen LogP contribution is -2.15. The van der Waals surface area contributed by atoms with Crippen LogP contribution >= 0.6 is 11.3 Å². The molecule has 3 aromatic rings. The fourth-order valence-corrected chi connectivity index (χ4v) is 3.00. The normalized spacial score (nSPS) is 10.9. The van der Waals surface area contributed by atoms with Crippen LogP contribution in [-0.2, 0) is 0 Å². The van der Waals surface area contributed by atoms with Crippen LogP contribution in [0.3, 0.4) is 0 Å². The van der Waals surface area contributed by atoms with Gasteiger partial charge in [0.05, 0.1) is 10.9 Å². The molecule has 0 aliphatic carbocycles. The highest BCUT2D eigenvalue weighted by Gasteiger charge is 2.12. The molecule has 0 amide bonds. The Morgan fingerprint density at radius 1 is 1.39 bits per heavy atom. The van der Waals surface area contributed by atoms with Crippen molar-refractivity contribution in [1.29, 1.82) is 5.26 Å². The highest BCUT2D eigenvalue weighted by atomic mass is 32.1. The maximum absolute atomic E-state index is 12.4. The zero-order valence-electron chi connectivity index (χ0n) is 9.89. The number of thiophene rings is 1. The standard InChI is InChI=1S/C13H9N3OS/c1-7-8(2)18-12-11(7)13(17)16-6-9(5-14)3-4-10(16)15-12/h3-4,6H,1-2H3. The minimum absolute atomic E-state index is 0.103. The number of fused-ring (bicyclic) bond motifs is 2. The van der Waals surface area contributed by atoms with Crippen molar-refractivity contribution in [1.82, 2.24) is 9.38 Å². The van der Waals surface area contributed by atoms with E-state index in [9.17, 15) is 4.79 Å². The molecule has 88 valence electrons. The molecule has 0 radical (unpaired) electrons. The molecule has 5 heteroatoms. The Labute approximate surface area is 107 Å². The topological polar surface area (TPSA) is 58.2 Å². The number of aromatic nitrogens is 2. The van der Waals surface area contributed by atoms with Gasteiger partial charge in [0.1, 0.15) is 16.5 Å². The second kappa shape index (κ2) is 3.65. The molecule has 18 heavy (non-hydrogen) atoms.